The van der Waals surface area contributed by atoms with E-state index in [1.54, 1.807) is 4.90 Å². The smallest absolute Gasteiger partial charge is 0.355 e. The molecule has 1 saturated heterocycles. The van der Waals surface area contributed by atoms with Gasteiger partial charge in [-0.25, -0.2) is 9.97 Å². The van der Waals surface area contributed by atoms with E-state index in [0.29, 0.717) is 5.82 Å². The summed E-state index contributed by atoms with van der Waals surface area (Å²) < 4.78 is 37.2. The molecule has 3 nitrogen and oxygen atoms in total. The normalized spacial score (nSPS) is 17.5. The van der Waals surface area contributed by atoms with Crippen molar-refractivity contribution in [3.63, 3.8) is 0 Å². The first-order valence-corrected chi connectivity index (χ1v) is 5.93. The van der Waals surface area contributed by atoms with Gasteiger partial charge in [-0.3, -0.25) is 0 Å². The second-order valence-electron chi connectivity index (χ2n) is 3.98. The van der Waals surface area contributed by atoms with Crippen LogP contribution in [0.2, 0.25) is 0 Å². The number of hydrogen-bond acceptors (Lipinski definition) is 4. The van der Waals surface area contributed by atoms with Crippen molar-refractivity contribution in [3.8, 4) is 0 Å². The molecule has 2 aromatic rings. The minimum absolute atomic E-state index is 0.00847. The summed E-state index contributed by atoms with van der Waals surface area (Å²) in [4.78, 5) is 10.6. The van der Waals surface area contributed by atoms with Crippen LogP contribution in [0, 0.1) is 5.92 Å². The highest BCUT2D eigenvalue weighted by atomic mass is 32.1. The Balaban J connectivity index is 1.85. The van der Waals surface area contributed by atoms with Crippen molar-refractivity contribution in [2.75, 3.05) is 18.0 Å². The van der Waals surface area contributed by atoms with Crippen LogP contribution in [-0.4, -0.2) is 29.2 Å². The van der Waals surface area contributed by atoms with Crippen molar-refractivity contribution in [1.29, 1.82) is 0 Å². The lowest BCUT2D eigenvalue weighted by Gasteiger charge is -2.41. The first kappa shape index (κ1) is 10.8. The highest BCUT2D eigenvalue weighted by molar-refractivity contribution is 7.16. The van der Waals surface area contributed by atoms with Gasteiger partial charge in [-0.1, -0.05) is 0 Å². The molecule has 0 atom stereocenters. The molecule has 0 spiro atoms. The Morgan fingerprint density at radius 1 is 1.29 bits per heavy atom. The number of halogens is 3. The van der Waals surface area contributed by atoms with E-state index in [-0.39, 0.29) is 13.1 Å². The summed E-state index contributed by atoms with van der Waals surface area (Å²) in [7, 11) is 0. The minimum Gasteiger partial charge on any atom is -0.355 e. The zero-order valence-electron chi connectivity index (χ0n) is 8.61. The largest absolute Gasteiger partial charge is 0.395 e. The van der Waals surface area contributed by atoms with Crippen LogP contribution in [0.15, 0.2) is 17.8 Å². The Morgan fingerprint density at radius 2 is 2.06 bits per heavy atom. The molecular formula is C10H8F3N3S. The van der Waals surface area contributed by atoms with Crippen molar-refractivity contribution >= 4 is 27.4 Å². The summed E-state index contributed by atoms with van der Waals surface area (Å²) >= 11 is 1.46. The third-order valence-electron chi connectivity index (χ3n) is 2.88. The Kier molecular flexibility index (Phi) is 2.25. The number of rotatable bonds is 1. The zero-order valence-corrected chi connectivity index (χ0v) is 9.42. The molecule has 0 amide bonds. The van der Waals surface area contributed by atoms with Crippen molar-refractivity contribution in [1.82, 2.24) is 9.97 Å². The van der Waals surface area contributed by atoms with Gasteiger partial charge in [0, 0.05) is 13.1 Å². The monoisotopic (exact) mass is 259 g/mol. The molecule has 1 aliphatic heterocycles. The quantitative estimate of drug-likeness (QED) is 0.788. The maximum atomic E-state index is 12.4. The van der Waals surface area contributed by atoms with Gasteiger partial charge in [-0.2, -0.15) is 13.2 Å². The molecular weight excluding hydrogens is 251 g/mol. The standard InChI is InChI=1S/C10H8F3N3S/c11-10(12,13)6-3-16(4-6)8-7-1-2-17-9(7)15-5-14-8/h1-2,5-6H,3-4H2. The Morgan fingerprint density at radius 3 is 2.76 bits per heavy atom. The maximum Gasteiger partial charge on any atom is 0.395 e. The van der Waals surface area contributed by atoms with Gasteiger partial charge in [-0.15, -0.1) is 11.3 Å². The van der Waals surface area contributed by atoms with E-state index in [9.17, 15) is 13.2 Å². The van der Waals surface area contributed by atoms with Gasteiger partial charge in [0.1, 0.15) is 17.0 Å². The number of thiophene rings is 1. The Bertz CT molecular complexity index is 545. The summed E-state index contributed by atoms with van der Waals surface area (Å²) in [6.45, 7) is -0.0169. The second-order valence-corrected chi connectivity index (χ2v) is 4.87. The summed E-state index contributed by atoms with van der Waals surface area (Å²) in [5.41, 5.74) is 0. The lowest BCUT2D eigenvalue weighted by Crippen LogP contribution is -2.53. The number of fused-ring (bicyclic) bond motifs is 1. The molecule has 1 fully saturated rings. The van der Waals surface area contributed by atoms with Gasteiger partial charge in [-0.05, 0) is 11.4 Å². The fraction of sp³-hybridized carbons (Fsp3) is 0.400. The van der Waals surface area contributed by atoms with Crippen LogP contribution in [0.4, 0.5) is 19.0 Å². The highest BCUT2D eigenvalue weighted by Gasteiger charge is 2.47. The van der Waals surface area contributed by atoms with E-state index in [1.807, 2.05) is 11.4 Å². The summed E-state index contributed by atoms with van der Waals surface area (Å²) in [5, 5.41) is 2.70. The topological polar surface area (TPSA) is 29.0 Å². The second kappa shape index (κ2) is 3.56. The van der Waals surface area contributed by atoms with Crippen LogP contribution < -0.4 is 4.90 Å². The minimum atomic E-state index is -4.10. The molecule has 7 heteroatoms. The summed E-state index contributed by atoms with van der Waals surface area (Å²) in [6, 6.07) is 1.84. The van der Waals surface area contributed by atoms with Crippen LogP contribution in [0.5, 0.6) is 0 Å². The fourth-order valence-corrected chi connectivity index (χ4v) is 2.61. The molecule has 0 bridgehead atoms. The predicted octanol–water partition coefficient (Wildman–Crippen LogP) is 2.69. The molecule has 0 N–H and O–H groups in total. The molecule has 90 valence electrons. The SMILES string of the molecule is FC(F)(F)C1CN(c2ncnc3sccc23)C1. The van der Waals surface area contributed by atoms with Gasteiger partial charge in [0.25, 0.3) is 0 Å². The van der Waals surface area contributed by atoms with Crippen LogP contribution in [0.3, 0.4) is 0 Å². The van der Waals surface area contributed by atoms with Crippen LogP contribution in [-0.2, 0) is 0 Å². The van der Waals surface area contributed by atoms with Gasteiger partial charge in [0.15, 0.2) is 0 Å². The van der Waals surface area contributed by atoms with Crippen LogP contribution in [0.1, 0.15) is 0 Å². The van der Waals surface area contributed by atoms with Crippen molar-refractivity contribution in [2.24, 2.45) is 5.92 Å². The number of alkyl halides is 3. The van der Waals surface area contributed by atoms with E-state index in [0.717, 1.165) is 10.2 Å². The van der Waals surface area contributed by atoms with E-state index < -0.39 is 12.1 Å². The molecule has 2 aromatic heterocycles. The summed E-state index contributed by atoms with van der Waals surface area (Å²) in [5.74, 6) is -0.622. The predicted molar refractivity (Wildman–Crippen MR) is 59.2 cm³/mol. The van der Waals surface area contributed by atoms with Crippen LogP contribution >= 0.6 is 11.3 Å². The van der Waals surface area contributed by atoms with Gasteiger partial charge in [0.2, 0.25) is 0 Å². The first-order chi connectivity index (χ1) is 8.05. The van der Waals surface area contributed by atoms with E-state index >= 15 is 0 Å². The number of nitrogens with zero attached hydrogens (tertiary/aromatic N) is 3. The Hall–Kier alpha value is -1.37. The number of aromatic nitrogens is 2. The molecule has 1 aliphatic rings. The lowest BCUT2D eigenvalue weighted by molar-refractivity contribution is -0.180. The zero-order chi connectivity index (χ0) is 12.0. The van der Waals surface area contributed by atoms with Gasteiger partial charge >= 0.3 is 6.18 Å². The summed E-state index contributed by atoms with van der Waals surface area (Å²) in [6.07, 6.45) is -2.70. The van der Waals surface area contributed by atoms with Crippen LogP contribution in [0.25, 0.3) is 10.2 Å². The number of hydrogen-bond donors (Lipinski definition) is 0. The molecule has 0 aliphatic carbocycles. The van der Waals surface area contributed by atoms with Crippen molar-refractivity contribution < 1.29 is 13.2 Å². The molecule has 0 unspecified atom stereocenters. The molecule has 17 heavy (non-hydrogen) atoms. The lowest BCUT2D eigenvalue weighted by atomic mass is 9.99. The molecule has 3 rings (SSSR count). The molecule has 0 saturated carbocycles. The average molecular weight is 259 g/mol. The molecule has 3 heterocycles. The van der Waals surface area contributed by atoms with E-state index in [4.69, 9.17) is 0 Å². The van der Waals surface area contributed by atoms with E-state index in [2.05, 4.69) is 9.97 Å². The highest BCUT2D eigenvalue weighted by Crippen LogP contribution is 2.37. The molecule has 0 aromatic carbocycles. The Labute approximate surface area is 98.9 Å². The maximum absolute atomic E-state index is 12.4. The third kappa shape index (κ3) is 1.74. The van der Waals surface area contributed by atoms with E-state index in [1.165, 1.54) is 17.7 Å². The van der Waals surface area contributed by atoms with Crippen molar-refractivity contribution in [2.45, 2.75) is 6.18 Å². The molecule has 0 radical (unpaired) electrons. The first-order valence-electron chi connectivity index (χ1n) is 5.05. The fourth-order valence-electron chi connectivity index (χ4n) is 1.89. The average Bonchev–Trinajstić information content (AvgIpc) is 2.61. The number of anilines is 1. The van der Waals surface area contributed by atoms with Gasteiger partial charge < -0.3 is 4.90 Å². The van der Waals surface area contributed by atoms with Gasteiger partial charge in [0.05, 0.1) is 11.3 Å². The van der Waals surface area contributed by atoms with Crippen molar-refractivity contribution in [3.05, 3.63) is 17.8 Å². The third-order valence-corrected chi connectivity index (χ3v) is 3.71.